The van der Waals surface area contributed by atoms with Crippen LogP contribution in [0, 0.1) is 0 Å². The molecule has 1 heterocycles. The van der Waals surface area contributed by atoms with Crippen molar-refractivity contribution in [1.82, 2.24) is 10.6 Å². The molecule has 0 spiro atoms. The van der Waals surface area contributed by atoms with Gasteiger partial charge in [0.1, 0.15) is 11.9 Å². The van der Waals surface area contributed by atoms with Gasteiger partial charge in [-0.25, -0.2) is 0 Å². The largest absolute Gasteiger partial charge is 0.468 e. The zero-order valence-electron chi connectivity index (χ0n) is 13.9. The summed E-state index contributed by atoms with van der Waals surface area (Å²) in [6.07, 6.45) is 4.56. The van der Waals surface area contributed by atoms with Crippen LogP contribution >= 0.6 is 0 Å². The Morgan fingerprint density at radius 2 is 2.26 bits per heavy atom. The number of aliphatic hydroxyl groups excluding tert-OH is 2. The molecule has 3 unspecified atom stereocenters. The van der Waals surface area contributed by atoms with Gasteiger partial charge in [0.05, 0.1) is 12.6 Å². The second-order valence-electron chi connectivity index (χ2n) is 6.34. The first-order chi connectivity index (χ1) is 11.1. The fourth-order valence-electron chi connectivity index (χ4n) is 3.15. The number of aliphatic hydroxyl groups is 2. The van der Waals surface area contributed by atoms with Crippen LogP contribution in [0.15, 0.2) is 11.8 Å². The first-order valence-electron chi connectivity index (χ1n) is 8.57. The third kappa shape index (κ3) is 5.70. The van der Waals surface area contributed by atoms with Gasteiger partial charge in [0, 0.05) is 25.1 Å². The molecule has 5 atom stereocenters. The highest BCUT2D eigenvalue weighted by Gasteiger charge is 2.37. The summed E-state index contributed by atoms with van der Waals surface area (Å²) in [4.78, 5) is 0. The van der Waals surface area contributed by atoms with Gasteiger partial charge in [-0.05, 0) is 45.4 Å². The predicted octanol–water partition coefficient (Wildman–Crippen LogP) is -0.566. The lowest BCUT2D eigenvalue weighted by Gasteiger charge is -2.39. The normalized spacial score (nSPS) is 34.8. The molecule has 0 aromatic heterocycles. The molecule has 134 valence electrons. The molecule has 0 radical (unpaired) electrons. The van der Waals surface area contributed by atoms with E-state index in [9.17, 15) is 5.11 Å². The molecule has 2 rings (SSSR count). The van der Waals surface area contributed by atoms with Crippen LogP contribution in [0.25, 0.3) is 0 Å². The predicted molar refractivity (Wildman–Crippen MR) is 87.7 cm³/mol. The van der Waals surface area contributed by atoms with E-state index in [-0.39, 0.29) is 31.1 Å². The van der Waals surface area contributed by atoms with Crippen molar-refractivity contribution in [3.63, 3.8) is 0 Å². The summed E-state index contributed by atoms with van der Waals surface area (Å²) in [5.41, 5.74) is 6.17. The first-order valence-corrected chi connectivity index (χ1v) is 8.57. The molecular weight excluding hydrogens is 298 g/mol. The number of nitrogens with two attached hydrogens (primary N) is 1. The lowest BCUT2D eigenvalue weighted by molar-refractivity contribution is -0.195. The summed E-state index contributed by atoms with van der Waals surface area (Å²) < 4.78 is 11.8. The molecule has 0 bridgehead atoms. The Balaban J connectivity index is 1.78. The fourth-order valence-corrected chi connectivity index (χ4v) is 3.15. The highest BCUT2D eigenvalue weighted by molar-refractivity contribution is 4.99. The van der Waals surface area contributed by atoms with Crippen LogP contribution in [-0.4, -0.2) is 67.5 Å². The van der Waals surface area contributed by atoms with E-state index in [0.717, 1.165) is 38.0 Å². The third-order valence-electron chi connectivity index (χ3n) is 4.47. The Morgan fingerprint density at radius 3 is 2.96 bits per heavy atom. The second kappa shape index (κ2) is 9.56. The van der Waals surface area contributed by atoms with E-state index in [1.807, 2.05) is 7.05 Å². The number of hydrogen-bond acceptors (Lipinski definition) is 7. The van der Waals surface area contributed by atoms with Gasteiger partial charge in [-0.3, -0.25) is 0 Å². The summed E-state index contributed by atoms with van der Waals surface area (Å²) in [7, 11) is 1.89. The highest BCUT2D eigenvalue weighted by atomic mass is 16.7. The fraction of sp³-hybridized carbons (Fsp3) is 0.875. The molecule has 0 saturated heterocycles. The van der Waals surface area contributed by atoms with Gasteiger partial charge < -0.3 is 36.1 Å². The van der Waals surface area contributed by atoms with Crippen molar-refractivity contribution >= 4 is 0 Å². The van der Waals surface area contributed by atoms with Crippen LogP contribution in [0.4, 0.5) is 0 Å². The van der Waals surface area contributed by atoms with Crippen molar-refractivity contribution in [2.45, 2.75) is 62.7 Å². The Kier molecular flexibility index (Phi) is 7.75. The molecule has 7 nitrogen and oxygen atoms in total. The minimum atomic E-state index is -0.572. The molecule has 0 aromatic rings. The molecule has 7 heteroatoms. The molecule has 1 fully saturated rings. The van der Waals surface area contributed by atoms with Crippen LogP contribution in [0.1, 0.15) is 32.1 Å². The van der Waals surface area contributed by atoms with Crippen LogP contribution < -0.4 is 16.4 Å². The van der Waals surface area contributed by atoms with Crippen molar-refractivity contribution < 1.29 is 19.7 Å². The number of hydrogen-bond donors (Lipinski definition) is 5. The second-order valence-corrected chi connectivity index (χ2v) is 6.34. The number of rotatable bonds is 8. The molecule has 0 aromatic carbocycles. The van der Waals surface area contributed by atoms with E-state index in [2.05, 4.69) is 16.7 Å². The monoisotopic (exact) mass is 329 g/mol. The molecule has 1 saturated carbocycles. The number of nitrogens with one attached hydrogen (secondary N) is 2. The molecular formula is C16H31N3O4. The topological polar surface area (TPSA) is 109 Å². The Labute approximate surface area is 138 Å². The summed E-state index contributed by atoms with van der Waals surface area (Å²) in [5.74, 6) is 0.853. The molecule has 0 amide bonds. The van der Waals surface area contributed by atoms with Gasteiger partial charge in [0.2, 0.25) is 0 Å². The lowest BCUT2D eigenvalue weighted by Crippen LogP contribution is -2.55. The molecule has 1 aliphatic heterocycles. The van der Waals surface area contributed by atoms with E-state index in [1.54, 1.807) is 0 Å². The molecule has 2 aliphatic rings. The van der Waals surface area contributed by atoms with Gasteiger partial charge >= 0.3 is 0 Å². The standard InChI is InChI=1S/C16H31N3O4/c1-18-11-8-13(17)16(14(21)9-11)23-15-5-2-4-12(22-15)10-19-6-3-7-20/h4,11,13-16,18-21H,2-3,5-10,17H2,1H3/t11?,13?,14?,15-,16-/m1/s1. The number of allylic oxidation sites excluding steroid dienone is 1. The molecule has 1 aliphatic carbocycles. The summed E-state index contributed by atoms with van der Waals surface area (Å²) in [6, 6.07) is 0.0372. The number of ether oxygens (including phenoxy) is 2. The minimum Gasteiger partial charge on any atom is -0.468 e. The molecule has 6 N–H and O–H groups in total. The van der Waals surface area contributed by atoms with Gasteiger partial charge in [0.15, 0.2) is 6.29 Å². The minimum absolute atomic E-state index is 0.184. The molecule has 23 heavy (non-hydrogen) atoms. The SMILES string of the molecule is CNC1CC(N)[C@@H](O[C@@H]2CCC=C(CNCCCO)O2)C(O)C1. The lowest BCUT2D eigenvalue weighted by atomic mass is 9.86. The van der Waals surface area contributed by atoms with E-state index >= 15 is 0 Å². The third-order valence-corrected chi connectivity index (χ3v) is 4.47. The first kappa shape index (κ1) is 18.6. The van der Waals surface area contributed by atoms with Gasteiger partial charge in [-0.2, -0.15) is 0 Å². The summed E-state index contributed by atoms with van der Waals surface area (Å²) in [5, 5.41) is 25.4. The Bertz CT molecular complexity index is 368. The van der Waals surface area contributed by atoms with Gasteiger partial charge in [0.25, 0.3) is 0 Å². The van der Waals surface area contributed by atoms with Crippen LogP contribution in [0.2, 0.25) is 0 Å². The van der Waals surface area contributed by atoms with Crippen molar-refractivity contribution in [2.75, 3.05) is 26.7 Å². The average molecular weight is 329 g/mol. The quantitative estimate of drug-likeness (QED) is 0.380. The van der Waals surface area contributed by atoms with Crippen LogP contribution in [0.5, 0.6) is 0 Å². The zero-order valence-corrected chi connectivity index (χ0v) is 13.9. The Morgan fingerprint density at radius 1 is 1.43 bits per heavy atom. The van der Waals surface area contributed by atoms with Gasteiger partial charge in [-0.1, -0.05) is 0 Å². The van der Waals surface area contributed by atoms with Crippen LogP contribution in [-0.2, 0) is 9.47 Å². The van der Waals surface area contributed by atoms with E-state index < -0.39 is 6.10 Å². The summed E-state index contributed by atoms with van der Waals surface area (Å²) in [6.45, 7) is 1.56. The van der Waals surface area contributed by atoms with Crippen molar-refractivity contribution in [1.29, 1.82) is 0 Å². The summed E-state index contributed by atoms with van der Waals surface area (Å²) >= 11 is 0. The van der Waals surface area contributed by atoms with E-state index in [4.69, 9.17) is 20.3 Å². The maximum absolute atomic E-state index is 10.3. The maximum atomic E-state index is 10.3. The maximum Gasteiger partial charge on any atom is 0.200 e. The van der Waals surface area contributed by atoms with E-state index in [1.165, 1.54) is 0 Å². The van der Waals surface area contributed by atoms with Crippen LogP contribution in [0.3, 0.4) is 0 Å². The highest BCUT2D eigenvalue weighted by Crippen LogP contribution is 2.26. The Hall–Kier alpha value is -0.700. The van der Waals surface area contributed by atoms with E-state index in [0.29, 0.717) is 13.0 Å². The smallest absolute Gasteiger partial charge is 0.200 e. The van der Waals surface area contributed by atoms with Crippen molar-refractivity contribution in [2.24, 2.45) is 5.73 Å². The van der Waals surface area contributed by atoms with Crippen molar-refractivity contribution in [3.8, 4) is 0 Å². The average Bonchev–Trinajstić information content (AvgIpc) is 2.55. The van der Waals surface area contributed by atoms with Gasteiger partial charge in [-0.15, -0.1) is 0 Å². The van der Waals surface area contributed by atoms with Crippen molar-refractivity contribution in [3.05, 3.63) is 11.8 Å². The zero-order chi connectivity index (χ0) is 16.7.